The predicted molar refractivity (Wildman–Crippen MR) is 101 cm³/mol. The molecule has 0 unspecified atom stereocenters. The first-order valence-corrected chi connectivity index (χ1v) is 8.13. The van der Waals surface area contributed by atoms with Crippen LogP contribution in [0.2, 0.25) is 0 Å². The molecule has 0 amide bonds. The van der Waals surface area contributed by atoms with Gasteiger partial charge >= 0.3 is 0 Å². The van der Waals surface area contributed by atoms with Crippen LogP contribution in [0.4, 0.5) is 0 Å². The lowest BCUT2D eigenvalue weighted by Crippen LogP contribution is -1.76. The van der Waals surface area contributed by atoms with Gasteiger partial charge in [-0.05, 0) is 41.1 Å². The number of benzene rings is 4. The molecule has 2 aromatic heterocycles. The van der Waals surface area contributed by atoms with E-state index in [1.54, 1.807) is 0 Å². The van der Waals surface area contributed by atoms with Crippen LogP contribution in [0.3, 0.4) is 0 Å². The van der Waals surface area contributed by atoms with Crippen LogP contribution in [0.15, 0.2) is 77.2 Å². The van der Waals surface area contributed by atoms with E-state index in [4.69, 9.17) is 4.42 Å². The minimum absolute atomic E-state index is 0.943. The molecular weight excluding hydrogens is 294 g/mol. The number of fused-ring (bicyclic) bond motifs is 8. The molecular formula is C22H13NO. The topological polar surface area (TPSA) is 28.9 Å². The average Bonchev–Trinajstić information content (AvgIpc) is 3.17. The molecule has 0 spiro atoms. The van der Waals surface area contributed by atoms with Gasteiger partial charge in [0.25, 0.3) is 0 Å². The summed E-state index contributed by atoms with van der Waals surface area (Å²) in [6, 6.07) is 25.5. The van der Waals surface area contributed by atoms with E-state index in [2.05, 4.69) is 65.6 Å². The van der Waals surface area contributed by atoms with E-state index in [1.807, 2.05) is 12.1 Å². The number of furan rings is 1. The van der Waals surface area contributed by atoms with E-state index >= 15 is 0 Å². The molecule has 6 aromatic rings. The number of H-pyrrole nitrogens is 1. The number of aromatic nitrogens is 1. The van der Waals surface area contributed by atoms with Gasteiger partial charge in [0.1, 0.15) is 11.2 Å². The Balaban J connectivity index is 1.90. The van der Waals surface area contributed by atoms with Gasteiger partial charge in [0.05, 0.1) is 0 Å². The largest absolute Gasteiger partial charge is 0.456 e. The van der Waals surface area contributed by atoms with Crippen LogP contribution in [0.25, 0.3) is 54.5 Å². The number of para-hydroxylation sites is 2. The van der Waals surface area contributed by atoms with E-state index in [-0.39, 0.29) is 0 Å². The molecule has 0 fully saturated rings. The molecule has 0 saturated heterocycles. The molecule has 2 heterocycles. The normalized spacial score (nSPS) is 12.2. The Morgan fingerprint density at radius 3 is 2.38 bits per heavy atom. The first-order chi connectivity index (χ1) is 11.9. The van der Waals surface area contributed by atoms with Gasteiger partial charge in [0.2, 0.25) is 0 Å². The molecule has 0 saturated carbocycles. The lowest BCUT2D eigenvalue weighted by molar-refractivity contribution is 0.669. The molecule has 0 aliphatic heterocycles. The van der Waals surface area contributed by atoms with Gasteiger partial charge in [-0.15, -0.1) is 0 Å². The molecule has 24 heavy (non-hydrogen) atoms. The molecule has 6 rings (SSSR count). The molecule has 0 bridgehead atoms. The number of hydrogen-bond acceptors (Lipinski definition) is 1. The zero-order valence-electron chi connectivity index (χ0n) is 12.8. The highest BCUT2D eigenvalue weighted by Crippen LogP contribution is 2.37. The SMILES string of the molecule is c1ccc2c(c1)[nH]c1ccc3cc4oc5ccccc5c4cc3c12. The average molecular weight is 307 g/mol. The third-order valence-corrected chi connectivity index (χ3v) is 4.98. The molecule has 112 valence electrons. The van der Waals surface area contributed by atoms with Crippen LogP contribution in [0, 0.1) is 0 Å². The van der Waals surface area contributed by atoms with Crippen molar-refractivity contribution in [3.8, 4) is 0 Å². The van der Waals surface area contributed by atoms with Crippen LogP contribution in [-0.4, -0.2) is 4.98 Å². The van der Waals surface area contributed by atoms with Crippen molar-refractivity contribution in [3.63, 3.8) is 0 Å². The number of aromatic amines is 1. The Morgan fingerprint density at radius 2 is 1.42 bits per heavy atom. The summed E-state index contributed by atoms with van der Waals surface area (Å²) in [5.74, 6) is 0. The van der Waals surface area contributed by atoms with Crippen molar-refractivity contribution in [2.24, 2.45) is 0 Å². The van der Waals surface area contributed by atoms with Gasteiger partial charge in [0.15, 0.2) is 0 Å². The number of rotatable bonds is 0. The maximum atomic E-state index is 6.03. The van der Waals surface area contributed by atoms with E-state index in [1.165, 1.54) is 43.4 Å². The van der Waals surface area contributed by atoms with Crippen molar-refractivity contribution in [1.29, 1.82) is 0 Å². The quantitative estimate of drug-likeness (QED) is 0.347. The molecule has 1 N–H and O–H groups in total. The van der Waals surface area contributed by atoms with Gasteiger partial charge in [-0.3, -0.25) is 0 Å². The minimum atomic E-state index is 0.943. The number of nitrogens with one attached hydrogen (secondary N) is 1. The highest BCUT2D eigenvalue weighted by atomic mass is 16.3. The Hall–Kier alpha value is -3.26. The molecule has 0 atom stereocenters. The summed E-state index contributed by atoms with van der Waals surface area (Å²) in [4.78, 5) is 3.53. The molecule has 2 heteroatoms. The summed E-state index contributed by atoms with van der Waals surface area (Å²) in [7, 11) is 0. The lowest BCUT2D eigenvalue weighted by atomic mass is 10.0. The third-order valence-electron chi connectivity index (χ3n) is 4.98. The van der Waals surface area contributed by atoms with E-state index in [0.29, 0.717) is 0 Å². The van der Waals surface area contributed by atoms with Gasteiger partial charge in [-0.2, -0.15) is 0 Å². The monoisotopic (exact) mass is 307 g/mol. The fourth-order valence-corrected chi connectivity index (χ4v) is 3.89. The Labute approximate surface area is 137 Å². The molecule has 0 radical (unpaired) electrons. The molecule has 4 aromatic carbocycles. The second-order valence-corrected chi connectivity index (χ2v) is 6.33. The first-order valence-electron chi connectivity index (χ1n) is 8.13. The summed E-state index contributed by atoms with van der Waals surface area (Å²) >= 11 is 0. The number of hydrogen-bond donors (Lipinski definition) is 1. The lowest BCUT2D eigenvalue weighted by Gasteiger charge is -2.01. The second-order valence-electron chi connectivity index (χ2n) is 6.33. The summed E-state index contributed by atoms with van der Waals surface area (Å²) in [6.07, 6.45) is 0. The van der Waals surface area contributed by atoms with Crippen molar-refractivity contribution in [3.05, 3.63) is 72.8 Å². The van der Waals surface area contributed by atoms with E-state index in [9.17, 15) is 0 Å². The molecule has 0 aliphatic carbocycles. The Morgan fingerprint density at radius 1 is 0.583 bits per heavy atom. The Kier molecular flexibility index (Phi) is 2.12. The van der Waals surface area contributed by atoms with E-state index in [0.717, 1.165) is 11.2 Å². The van der Waals surface area contributed by atoms with Crippen LogP contribution in [-0.2, 0) is 0 Å². The van der Waals surface area contributed by atoms with Crippen molar-refractivity contribution in [1.82, 2.24) is 4.98 Å². The summed E-state index contributed by atoms with van der Waals surface area (Å²) in [5, 5.41) is 7.38. The predicted octanol–water partition coefficient (Wildman–Crippen LogP) is 6.37. The van der Waals surface area contributed by atoms with Crippen molar-refractivity contribution in [2.45, 2.75) is 0 Å². The maximum absolute atomic E-state index is 6.03. The van der Waals surface area contributed by atoms with Crippen molar-refractivity contribution < 1.29 is 4.42 Å². The zero-order valence-corrected chi connectivity index (χ0v) is 12.8. The fourth-order valence-electron chi connectivity index (χ4n) is 3.89. The van der Waals surface area contributed by atoms with Crippen LogP contribution >= 0.6 is 0 Å². The van der Waals surface area contributed by atoms with E-state index < -0.39 is 0 Å². The van der Waals surface area contributed by atoms with Crippen LogP contribution in [0.5, 0.6) is 0 Å². The maximum Gasteiger partial charge on any atom is 0.136 e. The zero-order chi connectivity index (χ0) is 15.7. The first kappa shape index (κ1) is 12.2. The van der Waals surface area contributed by atoms with Crippen LogP contribution < -0.4 is 0 Å². The fraction of sp³-hybridized carbons (Fsp3) is 0. The van der Waals surface area contributed by atoms with Crippen molar-refractivity contribution >= 4 is 54.5 Å². The standard InChI is InChI=1S/C22H13NO/c1-3-7-18-15(6-1)22-16-12-17-14-5-2-4-8-20(14)24-21(17)11-13(16)9-10-19(22)23-18/h1-12,23H. The summed E-state index contributed by atoms with van der Waals surface area (Å²) < 4.78 is 6.03. The third kappa shape index (κ3) is 1.45. The molecule has 2 nitrogen and oxygen atoms in total. The van der Waals surface area contributed by atoms with Gasteiger partial charge in [-0.1, -0.05) is 42.5 Å². The summed E-state index contributed by atoms with van der Waals surface area (Å²) in [5.41, 5.74) is 4.24. The van der Waals surface area contributed by atoms with Crippen LogP contribution in [0.1, 0.15) is 0 Å². The highest BCUT2D eigenvalue weighted by Gasteiger charge is 2.12. The van der Waals surface area contributed by atoms with Gasteiger partial charge in [0, 0.05) is 32.6 Å². The highest BCUT2D eigenvalue weighted by molar-refractivity contribution is 6.23. The molecule has 0 aliphatic rings. The second kappa shape index (κ2) is 4.18. The Bertz CT molecular complexity index is 1400. The minimum Gasteiger partial charge on any atom is -0.456 e. The van der Waals surface area contributed by atoms with Gasteiger partial charge in [-0.25, -0.2) is 0 Å². The smallest absolute Gasteiger partial charge is 0.136 e. The summed E-state index contributed by atoms with van der Waals surface area (Å²) in [6.45, 7) is 0. The van der Waals surface area contributed by atoms with Gasteiger partial charge < -0.3 is 9.40 Å². The van der Waals surface area contributed by atoms with Crippen molar-refractivity contribution in [2.75, 3.05) is 0 Å².